The molecule has 2 rings (SSSR count). The molecule has 0 aromatic heterocycles. The van der Waals surface area contributed by atoms with Crippen molar-refractivity contribution in [2.24, 2.45) is 5.73 Å². The Kier molecular flexibility index (Phi) is 5.13. The Morgan fingerprint density at radius 3 is 2.56 bits per heavy atom. The Hall–Kier alpha value is -1.58. The quantitative estimate of drug-likeness (QED) is 0.867. The molecular formula is C14H16ClNO2. The predicted molar refractivity (Wildman–Crippen MR) is 74.9 cm³/mol. The van der Waals surface area contributed by atoms with Gasteiger partial charge in [0.2, 0.25) is 0 Å². The van der Waals surface area contributed by atoms with E-state index in [4.69, 9.17) is 5.73 Å². The summed E-state index contributed by atoms with van der Waals surface area (Å²) < 4.78 is 4.61. The number of fused-ring (bicyclic) bond motifs is 1. The maximum atomic E-state index is 11.2. The number of rotatable bonds is 3. The molecule has 0 fully saturated rings. The molecule has 0 aliphatic rings. The van der Waals surface area contributed by atoms with Crippen molar-refractivity contribution in [1.82, 2.24) is 0 Å². The number of esters is 1. The molecule has 0 heterocycles. The first-order chi connectivity index (χ1) is 8.20. The molecule has 3 nitrogen and oxygen atoms in total. The van der Waals surface area contributed by atoms with E-state index in [1.165, 1.54) is 12.5 Å². The van der Waals surface area contributed by atoms with Gasteiger partial charge >= 0.3 is 5.97 Å². The van der Waals surface area contributed by atoms with Crippen molar-refractivity contribution in [3.8, 4) is 0 Å². The summed E-state index contributed by atoms with van der Waals surface area (Å²) in [4.78, 5) is 11.2. The van der Waals surface area contributed by atoms with Crippen LogP contribution in [-0.4, -0.2) is 19.1 Å². The molecule has 0 bridgehead atoms. The predicted octanol–water partition coefficient (Wildman–Crippen LogP) is 2.30. The molecule has 2 aromatic carbocycles. The Morgan fingerprint density at radius 2 is 1.89 bits per heavy atom. The van der Waals surface area contributed by atoms with Gasteiger partial charge < -0.3 is 10.5 Å². The van der Waals surface area contributed by atoms with Crippen LogP contribution >= 0.6 is 12.4 Å². The number of hydrogen-bond donors (Lipinski definition) is 1. The van der Waals surface area contributed by atoms with Crippen molar-refractivity contribution < 1.29 is 9.53 Å². The van der Waals surface area contributed by atoms with Crippen LogP contribution in [0.5, 0.6) is 0 Å². The van der Waals surface area contributed by atoms with Crippen molar-refractivity contribution in [2.75, 3.05) is 7.11 Å². The van der Waals surface area contributed by atoms with Crippen LogP contribution in [0.1, 0.15) is 5.56 Å². The van der Waals surface area contributed by atoms with Crippen LogP contribution in [0, 0.1) is 0 Å². The largest absolute Gasteiger partial charge is 0.468 e. The molecule has 4 heteroatoms. The fourth-order valence-electron chi connectivity index (χ4n) is 1.85. The van der Waals surface area contributed by atoms with Gasteiger partial charge in [-0.25, -0.2) is 0 Å². The Bertz CT molecular complexity index is 542. The van der Waals surface area contributed by atoms with Gasteiger partial charge in [0, 0.05) is 0 Å². The molecule has 1 atom stereocenters. The van der Waals surface area contributed by atoms with Gasteiger partial charge in [-0.3, -0.25) is 4.79 Å². The van der Waals surface area contributed by atoms with Crippen LogP contribution in [-0.2, 0) is 16.0 Å². The van der Waals surface area contributed by atoms with Crippen molar-refractivity contribution in [3.05, 3.63) is 48.0 Å². The molecule has 18 heavy (non-hydrogen) atoms. The maximum absolute atomic E-state index is 11.2. The molecule has 2 N–H and O–H groups in total. The van der Waals surface area contributed by atoms with Gasteiger partial charge in [-0.15, -0.1) is 12.4 Å². The topological polar surface area (TPSA) is 52.3 Å². The second kappa shape index (κ2) is 6.38. The van der Waals surface area contributed by atoms with Gasteiger partial charge in [-0.05, 0) is 22.8 Å². The first kappa shape index (κ1) is 14.5. The summed E-state index contributed by atoms with van der Waals surface area (Å²) in [7, 11) is 1.35. The summed E-state index contributed by atoms with van der Waals surface area (Å²) in [6, 6.07) is 13.6. The van der Waals surface area contributed by atoms with Crippen LogP contribution in [0.4, 0.5) is 0 Å². The molecule has 0 aliphatic carbocycles. The van der Waals surface area contributed by atoms with E-state index in [1.54, 1.807) is 0 Å². The Balaban J connectivity index is 0.00000162. The van der Waals surface area contributed by atoms with Gasteiger partial charge in [0.1, 0.15) is 6.04 Å². The molecule has 0 saturated carbocycles. The van der Waals surface area contributed by atoms with Gasteiger partial charge in [-0.1, -0.05) is 42.5 Å². The van der Waals surface area contributed by atoms with Gasteiger partial charge in [0.15, 0.2) is 0 Å². The summed E-state index contributed by atoms with van der Waals surface area (Å²) in [5.41, 5.74) is 6.77. The second-order valence-electron chi connectivity index (χ2n) is 4.02. The van der Waals surface area contributed by atoms with E-state index >= 15 is 0 Å². The van der Waals surface area contributed by atoms with Crippen LogP contribution in [0.2, 0.25) is 0 Å². The van der Waals surface area contributed by atoms with Crippen LogP contribution in [0.15, 0.2) is 42.5 Å². The number of carbonyl (C=O) groups excluding carboxylic acids is 1. The molecule has 96 valence electrons. The first-order valence-corrected chi connectivity index (χ1v) is 5.52. The van der Waals surface area contributed by atoms with Gasteiger partial charge in [0.05, 0.1) is 7.11 Å². The van der Waals surface area contributed by atoms with Crippen molar-refractivity contribution in [2.45, 2.75) is 12.5 Å². The zero-order valence-corrected chi connectivity index (χ0v) is 10.9. The number of carbonyl (C=O) groups is 1. The van der Waals surface area contributed by atoms with Crippen molar-refractivity contribution in [1.29, 1.82) is 0 Å². The van der Waals surface area contributed by atoms with E-state index in [0.717, 1.165) is 10.9 Å². The highest BCUT2D eigenvalue weighted by Crippen LogP contribution is 2.16. The lowest BCUT2D eigenvalue weighted by Gasteiger charge is -2.09. The van der Waals surface area contributed by atoms with E-state index in [1.807, 2.05) is 30.3 Å². The standard InChI is InChI=1S/C14H15NO2.ClH/c1-17-14(16)13(15)9-10-6-7-11-4-2-3-5-12(11)8-10;/h2-8,13H,9,15H2,1H3;1H. The number of ether oxygens (including phenoxy) is 1. The minimum atomic E-state index is -0.596. The Labute approximate surface area is 112 Å². The van der Waals surface area contributed by atoms with Crippen LogP contribution in [0.3, 0.4) is 0 Å². The molecule has 0 amide bonds. The number of nitrogens with two attached hydrogens (primary N) is 1. The van der Waals surface area contributed by atoms with Gasteiger partial charge in [-0.2, -0.15) is 0 Å². The van der Waals surface area contributed by atoms with E-state index in [2.05, 4.69) is 16.9 Å². The molecular weight excluding hydrogens is 250 g/mol. The monoisotopic (exact) mass is 265 g/mol. The summed E-state index contributed by atoms with van der Waals surface area (Å²) in [6.07, 6.45) is 0.498. The summed E-state index contributed by atoms with van der Waals surface area (Å²) in [5, 5.41) is 2.34. The average Bonchev–Trinajstić information content (AvgIpc) is 2.37. The molecule has 0 radical (unpaired) electrons. The van der Waals surface area contributed by atoms with E-state index in [0.29, 0.717) is 6.42 Å². The summed E-state index contributed by atoms with van der Waals surface area (Å²) in [6.45, 7) is 0. The first-order valence-electron chi connectivity index (χ1n) is 5.52. The SMILES string of the molecule is COC(=O)C(N)Cc1ccc2ccccc2c1.Cl. The lowest BCUT2D eigenvalue weighted by Crippen LogP contribution is -2.33. The average molecular weight is 266 g/mol. The Morgan fingerprint density at radius 1 is 1.22 bits per heavy atom. The fraction of sp³-hybridized carbons (Fsp3) is 0.214. The van der Waals surface area contributed by atoms with Crippen molar-refractivity contribution in [3.63, 3.8) is 0 Å². The van der Waals surface area contributed by atoms with E-state index in [9.17, 15) is 4.79 Å². The maximum Gasteiger partial charge on any atom is 0.322 e. The van der Waals surface area contributed by atoms with Gasteiger partial charge in [0.25, 0.3) is 0 Å². The second-order valence-corrected chi connectivity index (χ2v) is 4.02. The molecule has 0 aliphatic heterocycles. The number of hydrogen-bond acceptors (Lipinski definition) is 3. The number of benzene rings is 2. The number of methoxy groups -OCH3 is 1. The lowest BCUT2D eigenvalue weighted by molar-refractivity contribution is -0.142. The zero-order valence-electron chi connectivity index (χ0n) is 10.1. The molecule has 0 spiro atoms. The third-order valence-electron chi connectivity index (χ3n) is 2.77. The lowest BCUT2D eigenvalue weighted by atomic mass is 10.0. The third-order valence-corrected chi connectivity index (χ3v) is 2.77. The van der Waals surface area contributed by atoms with Crippen LogP contribution in [0.25, 0.3) is 10.8 Å². The normalized spacial score (nSPS) is 11.7. The highest BCUT2D eigenvalue weighted by Gasteiger charge is 2.14. The fourth-order valence-corrected chi connectivity index (χ4v) is 1.85. The smallest absolute Gasteiger partial charge is 0.322 e. The minimum Gasteiger partial charge on any atom is -0.468 e. The summed E-state index contributed by atoms with van der Waals surface area (Å²) >= 11 is 0. The van der Waals surface area contributed by atoms with E-state index in [-0.39, 0.29) is 18.4 Å². The van der Waals surface area contributed by atoms with Crippen LogP contribution < -0.4 is 5.73 Å². The highest BCUT2D eigenvalue weighted by atomic mass is 35.5. The molecule has 2 aromatic rings. The molecule has 1 unspecified atom stereocenters. The van der Waals surface area contributed by atoms with E-state index < -0.39 is 6.04 Å². The highest BCUT2D eigenvalue weighted by molar-refractivity contribution is 5.85. The zero-order chi connectivity index (χ0) is 12.3. The minimum absolute atomic E-state index is 0. The number of halogens is 1. The summed E-state index contributed by atoms with van der Waals surface area (Å²) in [5.74, 6) is -0.377. The third kappa shape index (κ3) is 3.22. The molecule has 0 saturated heterocycles. The van der Waals surface area contributed by atoms with Crippen molar-refractivity contribution >= 4 is 29.1 Å².